The molecule has 1 aromatic heterocycles. The Bertz CT molecular complexity index is 638. The number of thiocarbonyl (C=S) groups is 1. The molecule has 1 heterocycles. The van der Waals surface area contributed by atoms with Crippen molar-refractivity contribution in [1.29, 1.82) is 0 Å². The predicted octanol–water partition coefficient (Wildman–Crippen LogP) is 1.05. The van der Waals surface area contributed by atoms with Crippen molar-refractivity contribution in [2.24, 2.45) is 12.8 Å². The molecule has 2 aromatic rings. The van der Waals surface area contributed by atoms with Gasteiger partial charge in [0.1, 0.15) is 5.69 Å². The van der Waals surface area contributed by atoms with Crippen LogP contribution >= 0.6 is 12.2 Å². The number of nitrogens with zero attached hydrogens (tertiary/aromatic N) is 2. The average molecular weight is 303 g/mol. The molecule has 0 aliphatic rings. The zero-order valence-electron chi connectivity index (χ0n) is 11.7. The van der Waals surface area contributed by atoms with E-state index < -0.39 is 5.91 Å². The second kappa shape index (κ2) is 6.85. The molecular weight excluding hydrogens is 286 g/mol. The summed E-state index contributed by atoms with van der Waals surface area (Å²) in [5.74, 6) is -0.551. The first-order valence-corrected chi connectivity index (χ1v) is 6.89. The Morgan fingerprint density at radius 3 is 2.76 bits per heavy atom. The summed E-state index contributed by atoms with van der Waals surface area (Å²) in [6.07, 6.45) is 2.38. The van der Waals surface area contributed by atoms with Gasteiger partial charge in [0, 0.05) is 13.6 Å². The number of carbonyl (C=O) groups is 1. The number of aryl methyl sites for hydroxylation is 1. The second-order valence-corrected chi connectivity index (χ2v) is 4.92. The third-order valence-corrected chi connectivity index (χ3v) is 3.21. The van der Waals surface area contributed by atoms with Gasteiger partial charge in [-0.25, -0.2) is 0 Å². The van der Waals surface area contributed by atoms with Crippen LogP contribution in [0.15, 0.2) is 36.5 Å². The number of anilines is 1. The molecule has 0 spiro atoms. The van der Waals surface area contributed by atoms with E-state index in [2.05, 4.69) is 27.9 Å². The van der Waals surface area contributed by atoms with Crippen LogP contribution in [0.25, 0.3) is 0 Å². The van der Waals surface area contributed by atoms with Crippen LogP contribution in [0.4, 0.5) is 5.69 Å². The molecule has 7 heteroatoms. The van der Waals surface area contributed by atoms with E-state index in [1.54, 1.807) is 7.05 Å². The van der Waals surface area contributed by atoms with Crippen molar-refractivity contribution >= 4 is 28.9 Å². The van der Waals surface area contributed by atoms with Gasteiger partial charge in [-0.05, 0) is 24.2 Å². The van der Waals surface area contributed by atoms with Gasteiger partial charge in [0.15, 0.2) is 5.11 Å². The van der Waals surface area contributed by atoms with Crippen molar-refractivity contribution in [3.05, 3.63) is 47.8 Å². The lowest BCUT2D eigenvalue weighted by Crippen LogP contribution is -2.31. The minimum atomic E-state index is -0.551. The van der Waals surface area contributed by atoms with Crippen molar-refractivity contribution in [2.75, 3.05) is 11.9 Å². The van der Waals surface area contributed by atoms with Crippen LogP contribution in [0.3, 0.4) is 0 Å². The molecule has 21 heavy (non-hydrogen) atoms. The van der Waals surface area contributed by atoms with Gasteiger partial charge in [-0.1, -0.05) is 30.3 Å². The van der Waals surface area contributed by atoms with Gasteiger partial charge in [-0.15, -0.1) is 0 Å². The maximum Gasteiger partial charge on any atom is 0.269 e. The molecule has 6 nitrogen and oxygen atoms in total. The number of nitrogens with two attached hydrogens (primary N) is 1. The smallest absolute Gasteiger partial charge is 0.269 e. The Hall–Kier alpha value is -2.41. The molecule has 1 aromatic carbocycles. The van der Waals surface area contributed by atoms with Gasteiger partial charge in [0.05, 0.1) is 11.9 Å². The maximum absolute atomic E-state index is 11.3. The molecule has 2 rings (SSSR count). The zero-order valence-corrected chi connectivity index (χ0v) is 12.5. The highest BCUT2D eigenvalue weighted by Gasteiger charge is 2.14. The molecule has 0 radical (unpaired) electrons. The van der Waals surface area contributed by atoms with E-state index in [1.807, 2.05) is 18.2 Å². The van der Waals surface area contributed by atoms with Crippen molar-refractivity contribution in [3.8, 4) is 0 Å². The number of aromatic nitrogens is 2. The Morgan fingerprint density at radius 1 is 1.38 bits per heavy atom. The monoisotopic (exact) mass is 303 g/mol. The third kappa shape index (κ3) is 4.03. The number of hydrogen-bond donors (Lipinski definition) is 3. The zero-order chi connectivity index (χ0) is 15.2. The molecule has 110 valence electrons. The van der Waals surface area contributed by atoms with E-state index in [4.69, 9.17) is 18.0 Å². The number of carbonyl (C=O) groups excluding carboxylic acids is 1. The van der Waals surface area contributed by atoms with Crippen molar-refractivity contribution in [2.45, 2.75) is 6.42 Å². The molecule has 0 saturated heterocycles. The SMILES string of the molecule is Cn1ncc(NC(=S)NCCc2ccccc2)c1C(N)=O. The Balaban J connectivity index is 1.86. The first kappa shape index (κ1) is 15.0. The number of rotatable bonds is 5. The van der Waals surface area contributed by atoms with Gasteiger partial charge < -0.3 is 16.4 Å². The summed E-state index contributed by atoms with van der Waals surface area (Å²) >= 11 is 5.20. The van der Waals surface area contributed by atoms with Crippen LogP contribution in [0.1, 0.15) is 16.1 Å². The Morgan fingerprint density at radius 2 is 2.10 bits per heavy atom. The fourth-order valence-electron chi connectivity index (χ4n) is 1.95. The molecule has 0 bridgehead atoms. The van der Waals surface area contributed by atoms with Crippen molar-refractivity contribution < 1.29 is 4.79 Å². The number of amides is 1. The maximum atomic E-state index is 11.3. The first-order valence-electron chi connectivity index (χ1n) is 6.48. The van der Waals surface area contributed by atoms with Crippen LogP contribution < -0.4 is 16.4 Å². The lowest BCUT2D eigenvalue weighted by atomic mass is 10.1. The minimum absolute atomic E-state index is 0.294. The number of primary amides is 1. The normalized spacial score (nSPS) is 10.1. The van der Waals surface area contributed by atoms with Crippen LogP contribution in [0.2, 0.25) is 0 Å². The largest absolute Gasteiger partial charge is 0.364 e. The summed E-state index contributed by atoms with van der Waals surface area (Å²) in [6.45, 7) is 0.696. The van der Waals surface area contributed by atoms with Crippen molar-refractivity contribution in [3.63, 3.8) is 0 Å². The van der Waals surface area contributed by atoms with Gasteiger partial charge in [0.25, 0.3) is 5.91 Å². The van der Waals surface area contributed by atoms with Crippen LogP contribution in [-0.2, 0) is 13.5 Å². The topological polar surface area (TPSA) is 85.0 Å². The van der Waals surface area contributed by atoms with Gasteiger partial charge in [-0.2, -0.15) is 5.10 Å². The lowest BCUT2D eigenvalue weighted by molar-refractivity contribution is 0.0992. The molecular formula is C14H17N5OS. The molecule has 0 fully saturated rings. The average Bonchev–Trinajstić information content (AvgIpc) is 2.81. The lowest BCUT2D eigenvalue weighted by Gasteiger charge is -2.10. The van der Waals surface area contributed by atoms with Crippen LogP contribution in [0, 0.1) is 0 Å². The van der Waals surface area contributed by atoms with Crippen molar-refractivity contribution in [1.82, 2.24) is 15.1 Å². The standard InChI is InChI=1S/C14H17N5OS/c1-19-12(13(15)20)11(9-17-19)18-14(21)16-8-7-10-5-3-2-4-6-10/h2-6,9H,7-8H2,1H3,(H2,15,20)(H2,16,18,21). The summed E-state index contributed by atoms with van der Waals surface area (Å²) in [7, 11) is 1.65. The Kier molecular flexibility index (Phi) is 4.89. The summed E-state index contributed by atoms with van der Waals surface area (Å²) in [5.41, 5.74) is 7.33. The third-order valence-electron chi connectivity index (χ3n) is 2.96. The second-order valence-electron chi connectivity index (χ2n) is 4.51. The molecule has 4 N–H and O–H groups in total. The fraction of sp³-hybridized carbons (Fsp3) is 0.214. The Labute approximate surface area is 128 Å². The summed E-state index contributed by atoms with van der Waals surface area (Å²) in [6, 6.07) is 10.1. The molecule has 0 saturated carbocycles. The highest BCUT2D eigenvalue weighted by molar-refractivity contribution is 7.80. The molecule has 0 unspecified atom stereocenters. The summed E-state index contributed by atoms with van der Waals surface area (Å²) in [5, 5.41) is 10.4. The first-order chi connectivity index (χ1) is 10.1. The van der Waals surface area contributed by atoms with Gasteiger partial charge >= 0.3 is 0 Å². The van der Waals surface area contributed by atoms with Crippen LogP contribution in [0.5, 0.6) is 0 Å². The highest BCUT2D eigenvalue weighted by Crippen LogP contribution is 2.12. The van der Waals surface area contributed by atoms with E-state index in [0.717, 1.165) is 6.42 Å². The van der Waals surface area contributed by atoms with E-state index in [-0.39, 0.29) is 0 Å². The van der Waals surface area contributed by atoms with Crippen LogP contribution in [-0.4, -0.2) is 27.3 Å². The van der Waals surface area contributed by atoms with E-state index in [9.17, 15) is 4.79 Å². The highest BCUT2D eigenvalue weighted by atomic mass is 32.1. The molecule has 0 aliphatic heterocycles. The molecule has 0 aliphatic carbocycles. The van der Waals surface area contributed by atoms with E-state index in [0.29, 0.717) is 23.0 Å². The molecule has 0 atom stereocenters. The summed E-state index contributed by atoms with van der Waals surface area (Å²) in [4.78, 5) is 11.3. The quantitative estimate of drug-likeness (QED) is 0.719. The van der Waals surface area contributed by atoms with Gasteiger partial charge in [-0.3, -0.25) is 9.48 Å². The predicted molar refractivity (Wildman–Crippen MR) is 86.1 cm³/mol. The summed E-state index contributed by atoms with van der Waals surface area (Å²) < 4.78 is 1.41. The fourth-order valence-corrected chi connectivity index (χ4v) is 2.16. The molecule has 1 amide bonds. The van der Waals surface area contributed by atoms with E-state index >= 15 is 0 Å². The number of benzene rings is 1. The number of hydrogen-bond acceptors (Lipinski definition) is 3. The van der Waals surface area contributed by atoms with E-state index in [1.165, 1.54) is 16.4 Å². The minimum Gasteiger partial charge on any atom is -0.364 e. The number of nitrogens with one attached hydrogen (secondary N) is 2. The van der Waals surface area contributed by atoms with Gasteiger partial charge in [0.2, 0.25) is 0 Å².